The van der Waals surface area contributed by atoms with E-state index in [1.807, 2.05) is 24.3 Å². The van der Waals surface area contributed by atoms with Gasteiger partial charge in [-0.05, 0) is 35.4 Å². The van der Waals surface area contributed by atoms with Crippen LogP contribution < -0.4 is 11.1 Å². The SMILES string of the molecule is NC(=O)c1ccc2c(c1)-c1cccnc1NC2. The molecular formula is C13H11N3O. The second-order valence-corrected chi connectivity index (χ2v) is 3.99. The number of aromatic nitrogens is 1. The van der Waals surface area contributed by atoms with Crippen LogP contribution in [0.1, 0.15) is 15.9 Å². The maximum absolute atomic E-state index is 11.2. The molecule has 0 saturated carbocycles. The highest BCUT2D eigenvalue weighted by atomic mass is 16.1. The molecule has 3 rings (SSSR count). The lowest BCUT2D eigenvalue weighted by Gasteiger charge is -2.20. The summed E-state index contributed by atoms with van der Waals surface area (Å²) >= 11 is 0. The number of rotatable bonds is 1. The molecule has 3 N–H and O–H groups in total. The molecule has 1 amide bonds. The smallest absolute Gasteiger partial charge is 0.248 e. The molecule has 2 aromatic rings. The number of amides is 1. The van der Waals surface area contributed by atoms with Crippen molar-refractivity contribution >= 4 is 11.7 Å². The number of nitrogens with one attached hydrogen (secondary N) is 1. The van der Waals surface area contributed by atoms with Crippen LogP contribution in [-0.2, 0) is 6.54 Å². The molecule has 0 spiro atoms. The summed E-state index contributed by atoms with van der Waals surface area (Å²) in [6, 6.07) is 9.38. The second-order valence-electron chi connectivity index (χ2n) is 3.99. The third kappa shape index (κ3) is 1.54. The van der Waals surface area contributed by atoms with Crippen LogP contribution in [0.25, 0.3) is 11.1 Å². The normalized spacial score (nSPS) is 12.2. The Morgan fingerprint density at radius 1 is 1.29 bits per heavy atom. The van der Waals surface area contributed by atoms with E-state index in [0.29, 0.717) is 5.56 Å². The zero-order valence-corrected chi connectivity index (χ0v) is 9.10. The van der Waals surface area contributed by atoms with Crippen LogP contribution in [-0.4, -0.2) is 10.9 Å². The lowest BCUT2D eigenvalue weighted by atomic mass is 9.95. The molecule has 0 fully saturated rings. The van der Waals surface area contributed by atoms with Crippen LogP contribution >= 0.6 is 0 Å². The van der Waals surface area contributed by atoms with Crippen molar-refractivity contribution in [3.63, 3.8) is 0 Å². The Bertz CT molecular complexity index is 607. The molecule has 0 aliphatic carbocycles. The van der Waals surface area contributed by atoms with Crippen molar-refractivity contribution in [3.8, 4) is 11.1 Å². The summed E-state index contributed by atoms with van der Waals surface area (Å²) in [5.74, 6) is 0.443. The van der Waals surface area contributed by atoms with Crippen LogP contribution in [0.4, 0.5) is 5.82 Å². The molecule has 0 atom stereocenters. The van der Waals surface area contributed by atoms with Gasteiger partial charge in [0.05, 0.1) is 0 Å². The number of benzene rings is 1. The van der Waals surface area contributed by atoms with Crippen LogP contribution in [0, 0.1) is 0 Å². The fraction of sp³-hybridized carbons (Fsp3) is 0.0769. The maximum Gasteiger partial charge on any atom is 0.248 e. The van der Waals surface area contributed by atoms with Gasteiger partial charge in [-0.3, -0.25) is 4.79 Å². The summed E-state index contributed by atoms with van der Waals surface area (Å²) in [6.07, 6.45) is 1.74. The molecule has 0 saturated heterocycles. The number of fused-ring (bicyclic) bond motifs is 3. The van der Waals surface area contributed by atoms with Gasteiger partial charge in [0.2, 0.25) is 5.91 Å². The van der Waals surface area contributed by atoms with E-state index in [0.717, 1.165) is 29.1 Å². The summed E-state index contributed by atoms with van der Waals surface area (Å²) in [6.45, 7) is 0.721. The van der Waals surface area contributed by atoms with Crippen molar-refractivity contribution in [2.75, 3.05) is 5.32 Å². The molecule has 1 aliphatic rings. The van der Waals surface area contributed by atoms with Gasteiger partial charge in [0.1, 0.15) is 5.82 Å². The Kier molecular flexibility index (Phi) is 2.08. The predicted octanol–water partition coefficient (Wildman–Crippen LogP) is 1.77. The summed E-state index contributed by atoms with van der Waals surface area (Å²) < 4.78 is 0. The lowest BCUT2D eigenvalue weighted by Crippen LogP contribution is -2.14. The Morgan fingerprint density at radius 2 is 2.18 bits per heavy atom. The molecule has 0 unspecified atom stereocenters. The second kappa shape index (κ2) is 3.59. The van der Waals surface area contributed by atoms with Crippen molar-refractivity contribution in [2.45, 2.75) is 6.54 Å². The van der Waals surface area contributed by atoms with Crippen LogP contribution in [0.2, 0.25) is 0 Å². The molecule has 84 valence electrons. The van der Waals surface area contributed by atoms with E-state index in [9.17, 15) is 4.79 Å². The van der Waals surface area contributed by atoms with Gasteiger partial charge >= 0.3 is 0 Å². The fourth-order valence-electron chi connectivity index (χ4n) is 2.08. The van der Waals surface area contributed by atoms with E-state index >= 15 is 0 Å². The highest BCUT2D eigenvalue weighted by Gasteiger charge is 2.17. The Labute approximate surface area is 98.5 Å². The van der Waals surface area contributed by atoms with Gasteiger partial charge in [0.15, 0.2) is 0 Å². The van der Waals surface area contributed by atoms with Crippen molar-refractivity contribution in [1.29, 1.82) is 0 Å². The average Bonchev–Trinajstić information content (AvgIpc) is 2.38. The monoisotopic (exact) mass is 225 g/mol. The van der Waals surface area contributed by atoms with Gasteiger partial charge in [-0.1, -0.05) is 6.07 Å². The molecule has 17 heavy (non-hydrogen) atoms. The number of carbonyl (C=O) groups excluding carboxylic acids is 1. The van der Waals surface area contributed by atoms with Gasteiger partial charge in [-0.15, -0.1) is 0 Å². The Hall–Kier alpha value is -2.36. The summed E-state index contributed by atoms with van der Waals surface area (Å²) in [5, 5.41) is 3.24. The van der Waals surface area contributed by atoms with E-state index in [1.54, 1.807) is 12.3 Å². The minimum absolute atomic E-state index is 0.406. The molecule has 2 heterocycles. The zero-order chi connectivity index (χ0) is 11.8. The first-order valence-electron chi connectivity index (χ1n) is 5.38. The third-order valence-electron chi connectivity index (χ3n) is 2.94. The van der Waals surface area contributed by atoms with Gasteiger partial charge in [-0.2, -0.15) is 0 Å². The van der Waals surface area contributed by atoms with E-state index in [-0.39, 0.29) is 0 Å². The first-order valence-corrected chi connectivity index (χ1v) is 5.38. The molecule has 0 radical (unpaired) electrons. The maximum atomic E-state index is 11.2. The Balaban J connectivity index is 2.22. The molecule has 4 heteroatoms. The van der Waals surface area contributed by atoms with Gasteiger partial charge < -0.3 is 11.1 Å². The van der Waals surface area contributed by atoms with Crippen molar-refractivity contribution < 1.29 is 4.79 Å². The van der Waals surface area contributed by atoms with Crippen molar-refractivity contribution in [3.05, 3.63) is 47.7 Å². The number of nitrogens with two attached hydrogens (primary N) is 1. The molecule has 4 nitrogen and oxygen atoms in total. The number of pyridine rings is 1. The van der Waals surface area contributed by atoms with Crippen LogP contribution in [0.5, 0.6) is 0 Å². The fourth-order valence-corrected chi connectivity index (χ4v) is 2.08. The first-order chi connectivity index (χ1) is 8.25. The molecule has 1 aromatic carbocycles. The number of nitrogens with zero attached hydrogens (tertiary/aromatic N) is 1. The zero-order valence-electron chi connectivity index (χ0n) is 9.10. The van der Waals surface area contributed by atoms with Crippen molar-refractivity contribution in [2.24, 2.45) is 5.73 Å². The average molecular weight is 225 g/mol. The lowest BCUT2D eigenvalue weighted by molar-refractivity contribution is 0.100. The highest BCUT2D eigenvalue weighted by molar-refractivity contribution is 5.95. The van der Waals surface area contributed by atoms with Crippen LogP contribution in [0.3, 0.4) is 0 Å². The number of anilines is 1. The van der Waals surface area contributed by atoms with E-state index in [4.69, 9.17) is 5.73 Å². The van der Waals surface area contributed by atoms with Gasteiger partial charge in [0.25, 0.3) is 0 Å². The molecule has 0 bridgehead atoms. The summed E-state index contributed by atoms with van der Waals surface area (Å²) in [7, 11) is 0. The van der Waals surface area contributed by atoms with Crippen molar-refractivity contribution in [1.82, 2.24) is 4.98 Å². The largest absolute Gasteiger partial charge is 0.366 e. The Morgan fingerprint density at radius 3 is 3.00 bits per heavy atom. The third-order valence-corrected chi connectivity index (χ3v) is 2.94. The minimum atomic E-state index is -0.406. The molecule has 1 aromatic heterocycles. The summed E-state index contributed by atoms with van der Waals surface area (Å²) in [4.78, 5) is 15.5. The number of carbonyl (C=O) groups is 1. The van der Waals surface area contributed by atoms with Gasteiger partial charge in [0, 0.05) is 23.9 Å². The number of hydrogen-bond donors (Lipinski definition) is 2. The van der Waals surface area contributed by atoms with Crippen LogP contribution in [0.15, 0.2) is 36.5 Å². The number of hydrogen-bond acceptors (Lipinski definition) is 3. The molecule has 1 aliphatic heterocycles. The summed E-state index contributed by atoms with van der Waals surface area (Å²) in [5.41, 5.74) is 9.02. The standard InChI is InChI=1S/C13H11N3O/c14-12(17)8-3-4-9-7-16-13-10(11(9)6-8)2-1-5-15-13/h1-6H,7H2,(H2,14,17)(H,15,16). The topological polar surface area (TPSA) is 68.0 Å². The van der Waals surface area contributed by atoms with Gasteiger partial charge in [-0.25, -0.2) is 4.98 Å². The number of primary amides is 1. The first kappa shape index (κ1) is 9.84. The van der Waals surface area contributed by atoms with E-state index in [1.165, 1.54) is 0 Å². The van der Waals surface area contributed by atoms with E-state index in [2.05, 4.69) is 10.3 Å². The minimum Gasteiger partial charge on any atom is -0.366 e. The quantitative estimate of drug-likeness (QED) is 0.777. The highest BCUT2D eigenvalue weighted by Crippen LogP contribution is 2.34. The predicted molar refractivity (Wildman–Crippen MR) is 65.5 cm³/mol. The molecular weight excluding hydrogens is 214 g/mol. The van der Waals surface area contributed by atoms with E-state index < -0.39 is 5.91 Å².